The van der Waals surface area contributed by atoms with Crippen LogP contribution in [-0.2, 0) is 4.79 Å². The first-order chi connectivity index (χ1) is 7.27. The summed E-state index contributed by atoms with van der Waals surface area (Å²) in [5.74, 6) is -6.73. The summed E-state index contributed by atoms with van der Waals surface area (Å²) >= 11 is 1.14. The number of hydrogen-bond donors (Lipinski definition) is 2. The fourth-order valence-electron chi connectivity index (χ4n) is 0.932. The summed E-state index contributed by atoms with van der Waals surface area (Å²) in [5, 5.41) is 10.1. The van der Waals surface area contributed by atoms with E-state index >= 15 is 0 Å². The third-order valence-corrected chi connectivity index (χ3v) is 3.14. The second kappa shape index (κ2) is 6.29. The first kappa shape index (κ1) is 15.5. The lowest BCUT2D eigenvalue weighted by atomic mass is 10.2. The highest BCUT2D eigenvalue weighted by atomic mass is 32.2. The molecule has 8 heteroatoms. The molecule has 0 aromatic heterocycles. The monoisotopic (exact) mass is 263 g/mol. The Morgan fingerprint density at radius 1 is 1.50 bits per heavy atom. The molecule has 2 unspecified atom stereocenters. The standard InChI is InChI=1S/C8H13F4NO2S/c1-4(5(3-14)16-2)13-7(15)8(11,12)6(9)10/h4-6,14H,3H2,1-2H3,(H,13,15). The van der Waals surface area contributed by atoms with Crippen molar-refractivity contribution in [2.24, 2.45) is 0 Å². The van der Waals surface area contributed by atoms with Gasteiger partial charge < -0.3 is 10.4 Å². The Morgan fingerprint density at radius 2 is 2.00 bits per heavy atom. The van der Waals surface area contributed by atoms with E-state index < -0.39 is 29.5 Å². The second-order valence-electron chi connectivity index (χ2n) is 3.14. The van der Waals surface area contributed by atoms with Crippen molar-refractivity contribution >= 4 is 17.7 Å². The molecule has 16 heavy (non-hydrogen) atoms. The number of aliphatic hydroxyl groups is 1. The molecular formula is C8H13F4NO2S. The minimum Gasteiger partial charge on any atom is -0.395 e. The van der Waals surface area contributed by atoms with Gasteiger partial charge in [-0.2, -0.15) is 20.5 Å². The summed E-state index contributed by atoms with van der Waals surface area (Å²) in [5.41, 5.74) is 0. The van der Waals surface area contributed by atoms with Gasteiger partial charge in [-0.25, -0.2) is 8.78 Å². The molecule has 0 heterocycles. The fourth-order valence-corrected chi connectivity index (χ4v) is 1.56. The van der Waals surface area contributed by atoms with Crippen molar-refractivity contribution in [3.05, 3.63) is 0 Å². The predicted molar refractivity (Wildman–Crippen MR) is 52.9 cm³/mol. The molecule has 0 aromatic rings. The van der Waals surface area contributed by atoms with E-state index in [-0.39, 0.29) is 6.61 Å². The van der Waals surface area contributed by atoms with Crippen LogP contribution in [0.2, 0.25) is 0 Å². The normalized spacial score (nSPS) is 16.0. The highest BCUT2D eigenvalue weighted by molar-refractivity contribution is 7.99. The Hall–Kier alpha value is -0.500. The minimum absolute atomic E-state index is 0.344. The van der Waals surface area contributed by atoms with Crippen LogP contribution in [-0.4, -0.2) is 47.5 Å². The van der Waals surface area contributed by atoms with Gasteiger partial charge in [-0.3, -0.25) is 4.79 Å². The van der Waals surface area contributed by atoms with E-state index in [1.807, 2.05) is 0 Å². The van der Waals surface area contributed by atoms with Gasteiger partial charge in [0, 0.05) is 11.3 Å². The molecule has 0 aliphatic carbocycles. The molecule has 0 radical (unpaired) electrons. The summed E-state index contributed by atoms with van der Waals surface area (Å²) < 4.78 is 48.7. The number of aliphatic hydroxyl groups excluding tert-OH is 1. The Kier molecular flexibility index (Phi) is 6.09. The molecule has 3 nitrogen and oxygen atoms in total. The zero-order valence-electron chi connectivity index (χ0n) is 8.71. The molecule has 0 saturated heterocycles. The largest absolute Gasteiger partial charge is 0.395 e. The summed E-state index contributed by atoms with van der Waals surface area (Å²) in [7, 11) is 0. The molecule has 0 aliphatic heterocycles. The molecule has 0 aliphatic rings. The predicted octanol–water partition coefficient (Wildman–Crippen LogP) is 1.12. The molecule has 2 atom stereocenters. The van der Waals surface area contributed by atoms with Crippen molar-refractivity contribution in [2.45, 2.75) is 30.6 Å². The maximum atomic E-state index is 12.5. The zero-order valence-corrected chi connectivity index (χ0v) is 9.53. The van der Waals surface area contributed by atoms with Gasteiger partial charge in [0.25, 0.3) is 5.91 Å². The van der Waals surface area contributed by atoms with Gasteiger partial charge in [-0.15, -0.1) is 0 Å². The number of amides is 1. The average molecular weight is 263 g/mol. The molecule has 0 saturated carbocycles. The third kappa shape index (κ3) is 3.82. The first-order valence-electron chi connectivity index (χ1n) is 4.37. The highest BCUT2D eigenvalue weighted by Gasteiger charge is 2.49. The number of alkyl halides is 4. The molecular weight excluding hydrogens is 250 g/mol. The van der Waals surface area contributed by atoms with E-state index in [4.69, 9.17) is 5.11 Å². The molecule has 0 spiro atoms. The molecule has 2 N–H and O–H groups in total. The minimum atomic E-state index is -4.70. The topological polar surface area (TPSA) is 49.3 Å². The Labute approximate surface area is 94.6 Å². The molecule has 0 aromatic carbocycles. The van der Waals surface area contributed by atoms with E-state index in [0.29, 0.717) is 0 Å². The second-order valence-corrected chi connectivity index (χ2v) is 4.22. The van der Waals surface area contributed by atoms with E-state index in [1.165, 1.54) is 6.92 Å². The SMILES string of the molecule is CSC(CO)C(C)NC(=O)C(F)(F)C(F)F. The zero-order chi connectivity index (χ0) is 12.9. The molecule has 0 bridgehead atoms. The van der Waals surface area contributed by atoms with E-state index in [9.17, 15) is 22.4 Å². The van der Waals surface area contributed by atoms with Gasteiger partial charge in [0.05, 0.1) is 6.61 Å². The van der Waals surface area contributed by atoms with Crippen LogP contribution in [0.3, 0.4) is 0 Å². The fraction of sp³-hybridized carbons (Fsp3) is 0.875. The number of thioether (sulfide) groups is 1. The molecule has 1 amide bonds. The average Bonchev–Trinajstić information content (AvgIpc) is 2.18. The Balaban J connectivity index is 4.45. The lowest BCUT2D eigenvalue weighted by Crippen LogP contribution is -2.51. The number of hydrogen-bond acceptors (Lipinski definition) is 3. The van der Waals surface area contributed by atoms with Crippen LogP contribution in [0.25, 0.3) is 0 Å². The number of carbonyl (C=O) groups is 1. The molecule has 96 valence electrons. The third-order valence-electron chi connectivity index (χ3n) is 1.98. The van der Waals surface area contributed by atoms with Gasteiger partial charge >= 0.3 is 12.3 Å². The van der Waals surface area contributed by atoms with Crippen molar-refractivity contribution in [1.82, 2.24) is 5.32 Å². The smallest absolute Gasteiger partial charge is 0.383 e. The van der Waals surface area contributed by atoms with Crippen LogP contribution in [0, 0.1) is 0 Å². The quantitative estimate of drug-likeness (QED) is 0.706. The summed E-state index contributed by atoms with van der Waals surface area (Å²) in [4.78, 5) is 10.8. The first-order valence-corrected chi connectivity index (χ1v) is 5.66. The van der Waals surface area contributed by atoms with Crippen LogP contribution in [0.15, 0.2) is 0 Å². The number of carbonyl (C=O) groups excluding carboxylic acids is 1. The van der Waals surface area contributed by atoms with Gasteiger partial charge in [0.2, 0.25) is 0 Å². The van der Waals surface area contributed by atoms with Crippen molar-refractivity contribution < 1.29 is 27.5 Å². The Bertz CT molecular complexity index is 236. The lowest BCUT2D eigenvalue weighted by Gasteiger charge is -2.23. The van der Waals surface area contributed by atoms with E-state index in [1.54, 1.807) is 11.6 Å². The highest BCUT2D eigenvalue weighted by Crippen LogP contribution is 2.23. The van der Waals surface area contributed by atoms with E-state index in [0.717, 1.165) is 11.8 Å². The van der Waals surface area contributed by atoms with Crippen molar-refractivity contribution in [1.29, 1.82) is 0 Å². The van der Waals surface area contributed by atoms with E-state index in [2.05, 4.69) is 0 Å². The van der Waals surface area contributed by atoms with Gasteiger partial charge in [-0.05, 0) is 13.2 Å². The number of halogens is 4. The van der Waals surface area contributed by atoms with Crippen LogP contribution in [0.5, 0.6) is 0 Å². The summed E-state index contributed by atoms with van der Waals surface area (Å²) in [6.07, 6.45) is -2.43. The molecule has 0 fully saturated rings. The number of rotatable bonds is 6. The van der Waals surface area contributed by atoms with Gasteiger partial charge in [0.15, 0.2) is 0 Å². The van der Waals surface area contributed by atoms with Crippen LogP contribution in [0.1, 0.15) is 6.92 Å². The maximum Gasteiger partial charge on any atom is 0.383 e. The number of nitrogens with one attached hydrogen (secondary N) is 1. The van der Waals surface area contributed by atoms with Crippen LogP contribution in [0.4, 0.5) is 17.6 Å². The van der Waals surface area contributed by atoms with Crippen molar-refractivity contribution in [3.8, 4) is 0 Å². The summed E-state index contributed by atoms with van der Waals surface area (Å²) in [6, 6.07) is -0.822. The van der Waals surface area contributed by atoms with Crippen molar-refractivity contribution in [2.75, 3.05) is 12.9 Å². The Morgan fingerprint density at radius 3 is 2.31 bits per heavy atom. The van der Waals surface area contributed by atoms with Gasteiger partial charge in [0.1, 0.15) is 0 Å². The van der Waals surface area contributed by atoms with Crippen molar-refractivity contribution in [3.63, 3.8) is 0 Å². The lowest BCUT2D eigenvalue weighted by molar-refractivity contribution is -0.170. The van der Waals surface area contributed by atoms with Crippen LogP contribution < -0.4 is 5.32 Å². The summed E-state index contributed by atoms with van der Waals surface area (Å²) in [6.45, 7) is 1.01. The maximum absolute atomic E-state index is 12.5. The van der Waals surface area contributed by atoms with Gasteiger partial charge in [-0.1, -0.05) is 0 Å². The van der Waals surface area contributed by atoms with Crippen LogP contribution >= 0.6 is 11.8 Å². The molecule has 0 rings (SSSR count).